The maximum atomic E-state index is 13.4. The lowest BCUT2D eigenvalue weighted by atomic mass is 9.71. The van der Waals surface area contributed by atoms with Gasteiger partial charge in [0.25, 0.3) is 0 Å². The van der Waals surface area contributed by atoms with Crippen LogP contribution in [0.3, 0.4) is 0 Å². The van der Waals surface area contributed by atoms with Gasteiger partial charge in [0.2, 0.25) is 5.88 Å². The first kappa shape index (κ1) is 20.3. The molecule has 6 rings (SSSR count). The van der Waals surface area contributed by atoms with Crippen LogP contribution in [0.15, 0.2) is 36.7 Å². The molecule has 10 heteroatoms. The first-order valence-corrected chi connectivity index (χ1v) is 12.6. The first-order valence-electron chi connectivity index (χ1n) is 10.9. The standard InChI is InChI=1S/C23H24N6O3S/c1-22(14-4-5-14)21(24)29-23(12-33(22,30)31)10-13-3-6-15(9-16(13)23)27-20-19-17(7-8-25-20)28-18(32-2)11-26-19/h3,6-9,11,14H,4-5,10,12H2,1-2H3,(H2,24,29)(H,25,27)/t22-,23-/m0/s1. The summed E-state index contributed by atoms with van der Waals surface area (Å²) in [6.45, 7) is 1.71. The minimum Gasteiger partial charge on any atom is -0.480 e. The molecule has 3 aliphatic rings. The van der Waals surface area contributed by atoms with E-state index in [0.29, 0.717) is 29.2 Å². The lowest BCUT2D eigenvalue weighted by Gasteiger charge is -2.52. The van der Waals surface area contributed by atoms with Crippen molar-refractivity contribution in [1.82, 2.24) is 20.3 Å². The number of nitrogens with one attached hydrogen (secondary N) is 3. The highest BCUT2D eigenvalue weighted by molar-refractivity contribution is 7.93. The van der Waals surface area contributed by atoms with E-state index in [4.69, 9.17) is 10.1 Å². The van der Waals surface area contributed by atoms with Crippen molar-refractivity contribution in [2.24, 2.45) is 5.92 Å². The second kappa shape index (κ2) is 6.63. The summed E-state index contributed by atoms with van der Waals surface area (Å²) in [4.78, 5) is 13.2. The predicted octanol–water partition coefficient (Wildman–Crippen LogP) is 2.69. The van der Waals surface area contributed by atoms with Crippen LogP contribution in [0.4, 0.5) is 11.5 Å². The van der Waals surface area contributed by atoms with Crippen LogP contribution in [0.5, 0.6) is 5.88 Å². The SMILES string of the molecule is COc1cnc2c(Nc3ccc4c(c3)[C@]3(C4)CS(=O)(=O)[C@@](C)(C4CC4)C(=N)N3)nccc2n1. The second-order valence-corrected chi connectivity index (χ2v) is 11.7. The number of hydrogen-bond acceptors (Lipinski definition) is 8. The third kappa shape index (κ3) is 2.86. The highest BCUT2D eigenvalue weighted by Gasteiger charge is 2.62. The van der Waals surface area contributed by atoms with Crippen LogP contribution < -0.4 is 15.4 Å². The molecule has 1 saturated carbocycles. The van der Waals surface area contributed by atoms with Gasteiger partial charge in [0.15, 0.2) is 15.7 Å². The number of methoxy groups -OCH3 is 1. The molecule has 0 unspecified atom stereocenters. The number of rotatable bonds is 4. The van der Waals surface area contributed by atoms with Gasteiger partial charge in [-0.2, -0.15) is 0 Å². The van der Waals surface area contributed by atoms with Gasteiger partial charge < -0.3 is 15.4 Å². The molecule has 1 saturated heterocycles. The van der Waals surface area contributed by atoms with Crippen LogP contribution in [-0.2, 0) is 21.8 Å². The Balaban J connectivity index is 1.34. The summed E-state index contributed by atoms with van der Waals surface area (Å²) in [5.74, 6) is 1.15. The van der Waals surface area contributed by atoms with Crippen LogP contribution in [-0.4, -0.2) is 46.8 Å². The Kier molecular flexibility index (Phi) is 4.09. The van der Waals surface area contributed by atoms with E-state index in [9.17, 15) is 8.42 Å². The number of benzene rings is 1. The minimum absolute atomic E-state index is 0.00359. The maximum absolute atomic E-state index is 13.4. The molecule has 1 aliphatic heterocycles. The van der Waals surface area contributed by atoms with E-state index in [2.05, 4.69) is 25.6 Å². The van der Waals surface area contributed by atoms with E-state index in [-0.39, 0.29) is 17.5 Å². The zero-order valence-electron chi connectivity index (χ0n) is 18.3. The molecule has 0 bridgehead atoms. The average molecular weight is 465 g/mol. The third-order valence-electron chi connectivity index (χ3n) is 7.33. The van der Waals surface area contributed by atoms with E-state index in [1.165, 1.54) is 0 Å². The molecular formula is C23H24N6O3S. The molecule has 9 nitrogen and oxygen atoms in total. The second-order valence-electron chi connectivity index (χ2n) is 9.34. The fraction of sp³-hybridized carbons (Fsp3) is 0.391. The van der Waals surface area contributed by atoms with Gasteiger partial charge in [0, 0.05) is 18.3 Å². The van der Waals surface area contributed by atoms with Gasteiger partial charge in [-0.25, -0.2) is 23.4 Å². The number of hydrogen-bond donors (Lipinski definition) is 3. The summed E-state index contributed by atoms with van der Waals surface area (Å²) < 4.78 is 30.8. The highest BCUT2D eigenvalue weighted by Crippen LogP contribution is 2.52. The number of pyridine rings is 1. The fourth-order valence-electron chi connectivity index (χ4n) is 5.18. The van der Waals surface area contributed by atoms with Crippen molar-refractivity contribution in [2.45, 2.75) is 36.5 Å². The van der Waals surface area contributed by atoms with E-state index in [0.717, 1.165) is 29.7 Å². The van der Waals surface area contributed by atoms with Crippen LogP contribution in [0.2, 0.25) is 0 Å². The van der Waals surface area contributed by atoms with E-state index < -0.39 is 20.1 Å². The van der Waals surface area contributed by atoms with Gasteiger partial charge in [-0.3, -0.25) is 5.41 Å². The van der Waals surface area contributed by atoms with Crippen LogP contribution in [0.1, 0.15) is 30.9 Å². The molecule has 2 fully saturated rings. The predicted molar refractivity (Wildman–Crippen MR) is 125 cm³/mol. The summed E-state index contributed by atoms with van der Waals surface area (Å²) >= 11 is 0. The molecule has 3 N–H and O–H groups in total. The van der Waals surface area contributed by atoms with Crippen molar-refractivity contribution in [2.75, 3.05) is 18.2 Å². The summed E-state index contributed by atoms with van der Waals surface area (Å²) in [6.07, 6.45) is 5.51. The molecule has 3 heterocycles. The van der Waals surface area contributed by atoms with Gasteiger partial charge in [0.1, 0.15) is 16.1 Å². The normalized spacial score (nSPS) is 27.5. The van der Waals surface area contributed by atoms with Crippen molar-refractivity contribution in [3.63, 3.8) is 0 Å². The lowest BCUT2D eigenvalue weighted by Crippen LogP contribution is -2.70. The lowest BCUT2D eigenvalue weighted by molar-refractivity contribution is 0.350. The first-order chi connectivity index (χ1) is 15.8. The number of fused-ring (bicyclic) bond motifs is 3. The molecule has 0 amide bonds. The van der Waals surface area contributed by atoms with Crippen molar-refractivity contribution in [1.29, 1.82) is 5.41 Å². The molecule has 2 atom stereocenters. The van der Waals surface area contributed by atoms with Gasteiger partial charge in [-0.15, -0.1) is 0 Å². The maximum Gasteiger partial charge on any atom is 0.232 e. The van der Waals surface area contributed by atoms with Crippen LogP contribution >= 0.6 is 0 Å². The van der Waals surface area contributed by atoms with Crippen molar-refractivity contribution in [3.05, 3.63) is 47.8 Å². The summed E-state index contributed by atoms with van der Waals surface area (Å²) in [5.41, 5.74) is 3.27. The third-order valence-corrected chi connectivity index (χ3v) is 10.0. The summed E-state index contributed by atoms with van der Waals surface area (Å²) in [7, 11) is -1.94. The number of aromatic nitrogens is 3. The van der Waals surface area contributed by atoms with Gasteiger partial charge >= 0.3 is 0 Å². The largest absolute Gasteiger partial charge is 0.480 e. The van der Waals surface area contributed by atoms with Gasteiger partial charge in [-0.05, 0) is 55.0 Å². The molecular weight excluding hydrogens is 440 g/mol. The van der Waals surface area contributed by atoms with E-state index >= 15 is 0 Å². The molecule has 1 aromatic carbocycles. The summed E-state index contributed by atoms with van der Waals surface area (Å²) in [5, 5.41) is 15.2. The number of amidine groups is 1. The monoisotopic (exact) mass is 464 g/mol. The number of sulfone groups is 1. The Morgan fingerprint density at radius 1 is 1.24 bits per heavy atom. The van der Waals surface area contributed by atoms with Crippen LogP contribution in [0.25, 0.3) is 11.0 Å². The Morgan fingerprint density at radius 3 is 2.79 bits per heavy atom. The Hall–Kier alpha value is -3.27. The Labute approximate surface area is 191 Å². The molecule has 0 radical (unpaired) electrons. The molecule has 2 aromatic heterocycles. The molecule has 170 valence electrons. The zero-order valence-corrected chi connectivity index (χ0v) is 19.2. The molecule has 1 spiro atoms. The van der Waals surface area contributed by atoms with Gasteiger partial charge in [-0.1, -0.05) is 6.07 Å². The Morgan fingerprint density at radius 2 is 2.06 bits per heavy atom. The fourth-order valence-corrected chi connectivity index (χ4v) is 7.57. The number of anilines is 2. The topological polar surface area (TPSA) is 130 Å². The number of nitrogens with zero attached hydrogens (tertiary/aromatic N) is 3. The van der Waals surface area contributed by atoms with Gasteiger partial charge in [0.05, 0.1) is 30.1 Å². The Bertz CT molecular complexity index is 1440. The van der Waals surface area contributed by atoms with Crippen molar-refractivity contribution in [3.8, 4) is 5.88 Å². The molecule has 33 heavy (non-hydrogen) atoms. The van der Waals surface area contributed by atoms with Crippen molar-refractivity contribution < 1.29 is 13.2 Å². The van der Waals surface area contributed by atoms with Crippen molar-refractivity contribution >= 4 is 38.2 Å². The average Bonchev–Trinajstić information content (AvgIpc) is 3.63. The molecule has 2 aliphatic carbocycles. The highest BCUT2D eigenvalue weighted by atomic mass is 32.2. The van der Waals surface area contributed by atoms with E-state index in [1.54, 1.807) is 32.5 Å². The van der Waals surface area contributed by atoms with E-state index in [1.807, 2.05) is 18.2 Å². The number of ether oxygens (including phenoxy) is 1. The quantitative estimate of drug-likeness (QED) is 0.537. The smallest absolute Gasteiger partial charge is 0.232 e. The molecule has 3 aromatic rings. The zero-order chi connectivity index (χ0) is 23.0. The summed E-state index contributed by atoms with van der Waals surface area (Å²) in [6, 6.07) is 7.66. The van der Waals surface area contributed by atoms with Crippen LogP contribution in [0, 0.1) is 11.3 Å². The minimum atomic E-state index is -3.48.